The van der Waals surface area contributed by atoms with Gasteiger partial charge in [-0.15, -0.1) is 0 Å². The van der Waals surface area contributed by atoms with Crippen LogP contribution in [0.2, 0.25) is 0 Å². The first-order chi connectivity index (χ1) is 11.6. The lowest BCUT2D eigenvalue weighted by atomic mass is 10.3. The predicted octanol–water partition coefficient (Wildman–Crippen LogP) is 1.23. The first-order valence-corrected chi connectivity index (χ1v) is 8.65. The Bertz CT molecular complexity index is 577. The number of ether oxygens (including phenoxy) is 1. The maximum absolute atomic E-state index is 11.8. The second kappa shape index (κ2) is 7.96. The van der Waals surface area contributed by atoms with Crippen molar-refractivity contribution in [1.82, 2.24) is 10.2 Å². The minimum Gasteiger partial charge on any atom is -0.461 e. The predicted molar refractivity (Wildman–Crippen MR) is 90.5 cm³/mol. The van der Waals surface area contributed by atoms with Gasteiger partial charge >= 0.3 is 0 Å². The number of furan rings is 1. The number of hydrogen-bond donors (Lipinski definition) is 2. The fraction of sp³-hybridized carbons (Fsp3) is 0.611. The summed E-state index contributed by atoms with van der Waals surface area (Å²) in [4.78, 5) is 14.0. The van der Waals surface area contributed by atoms with Crippen LogP contribution in [-0.4, -0.2) is 61.4 Å². The summed E-state index contributed by atoms with van der Waals surface area (Å²) in [5, 5.41) is 12.7. The van der Waals surface area contributed by atoms with E-state index in [1.165, 1.54) is 12.5 Å². The molecule has 2 aliphatic rings. The number of aliphatic hydroxyl groups excluding tert-OH is 1. The Kier molecular flexibility index (Phi) is 5.71. The molecule has 2 N–H and O–H groups in total. The minimum atomic E-state index is -0.577. The lowest BCUT2D eigenvalue weighted by molar-refractivity contribution is -0.117. The van der Waals surface area contributed by atoms with E-state index in [2.05, 4.69) is 17.1 Å². The normalized spacial score (nSPS) is 25.8. The molecule has 3 unspecified atom stereocenters. The molecule has 0 aromatic carbocycles. The first-order valence-electron chi connectivity index (χ1n) is 8.65. The smallest absolute Gasteiger partial charge is 0.244 e. The highest BCUT2D eigenvalue weighted by molar-refractivity contribution is 5.91. The quantitative estimate of drug-likeness (QED) is 0.734. The molecular weight excluding hydrogens is 308 g/mol. The Morgan fingerprint density at radius 2 is 2.21 bits per heavy atom. The van der Waals surface area contributed by atoms with E-state index in [9.17, 15) is 9.90 Å². The molecule has 1 saturated carbocycles. The van der Waals surface area contributed by atoms with E-state index in [0.717, 1.165) is 18.8 Å². The van der Waals surface area contributed by atoms with Crippen molar-refractivity contribution in [3.8, 4) is 0 Å². The van der Waals surface area contributed by atoms with Crippen molar-refractivity contribution < 1.29 is 19.1 Å². The van der Waals surface area contributed by atoms with Crippen LogP contribution in [0.3, 0.4) is 0 Å². The summed E-state index contributed by atoms with van der Waals surface area (Å²) in [6.07, 6.45) is 3.71. The van der Waals surface area contributed by atoms with Crippen molar-refractivity contribution in [1.29, 1.82) is 0 Å². The van der Waals surface area contributed by atoms with E-state index in [0.29, 0.717) is 37.4 Å². The Labute approximate surface area is 142 Å². The zero-order valence-electron chi connectivity index (χ0n) is 14.1. The Balaban J connectivity index is 1.37. The summed E-state index contributed by atoms with van der Waals surface area (Å²) >= 11 is 0. The third-order valence-electron chi connectivity index (χ3n) is 4.61. The van der Waals surface area contributed by atoms with Crippen molar-refractivity contribution in [3.05, 3.63) is 29.7 Å². The van der Waals surface area contributed by atoms with Crippen LogP contribution in [0.5, 0.6) is 0 Å². The third-order valence-corrected chi connectivity index (χ3v) is 4.61. The topological polar surface area (TPSA) is 74.9 Å². The standard InChI is InChI=1S/C18H26N2O4/c1-13-10-16(13)17-4-2-15(24-17)3-5-18(22)19-11-14(21)12-20-6-8-23-9-7-20/h2-5,13-14,16,21H,6-12H2,1H3,(H,19,22)/b5-3+. The third kappa shape index (κ3) is 4.93. The Morgan fingerprint density at radius 3 is 2.92 bits per heavy atom. The number of carbonyl (C=O) groups excluding carboxylic acids is 1. The van der Waals surface area contributed by atoms with E-state index in [1.54, 1.807) is 6.08 Å². The molecule has 2 heterocycles. The number of aliphatic hydroxyl groups is 1. The van der Waals surface area contributed by atoms with Crippen LogP contribution in [0.25, 0.3) is 6.08 Å². The first kappa shape index (κ1) is 17.2. The molecule has 3 rings (SSSR count). The van der Waals surface area contributed by atoms with Crippen LogP contribution in [-0.2, 0) is 9.53 Å². The van der Waals surface area contributed by atoms with E-state index in [4.69, 9.17) is 9.15 Å². The van der Waals surface area contributed by atoms with E-state index in [1.807, 2.05) is 12.1 Å². The number of morpholine rings is 1. The average molecular weight is 334 g/mol. The Morgan fingerprint density at radius 1 is 1.46 bits per heavy atom. The van der Waals surface area contributed by atoms with Gasteiger partial charge in [0.05, 0.1) is 19.3 Å². The van der Waals surface area contributed by atoms with Crippen molar-refractivity contribution in [2.75, 3.05) is 39.4 Å². The van der Waals surface area contributed by atoms with Crippen molar-refractivity contribution in [3.63, 3.8) is 0 Å². The zero-order valence-corrected chi connectivity index (χ0v) is 14.1. The molecule has 2 fully saturated rings. The molecule has 1 saturated heterocycles. The number of β-amino-alcohol motifs (C(OH)–C–C–N with tert-alkyl or cyclic N) is 1. The molecule has 1 aromatic heterocycles. The fourth-order valence-corrected chi connectivity index (χ4v) is 2.96. The molecule has 0 radical (unpaired) electrons. The van der Waals surface area contributed by atoms with Gasteiger partial charge in [-0.2, -0.15) is 0 Å². The van der Waals surface area contributed by atoms with Gasteiger partial charge in [0.1, 0.15) is 11.5 Å². The number of amides is 1. The van der Waals surface area contributed by atoms with Gasteiger partial charge in [0.2, 0.25) is 5.91 Å². The summed E-state index contributed by atoms with van der Waals surface area (Å²) in [6, 6.07) is 3.87. The second-order valence-electron chi connectivity index (χ2n) is 6.70. The summed E-state index contributed by atoms with van der Waals surface area (Å²) in [5.74, 6) is 2.70. The van der Waals surface area contributed by atoms with Crippen LogP contribution in [0, 0.1) is 5.92 Å². The molecule has 1 amide bonds. The van der Waals surface area contributed by atoms with Crippen molar-refractivity contribution in [2.24, 2.45) is 5.92 Å². The van der Waals surface area contributed by atoms with Gasteiger partial charge in [-0.1, -0.05) is 6.92 Å². The maximum Gasteiger partial charge on any atom is 0.244 e. The van der Waals surface area contributed by atoms with E-state index >= 15 is 0 Å². The van der Waals surface area contributed by atoms with Crippen molar-refractivity contribution >= 4 is 12.0 Å². The van der Waals surface area contributed by atoms with Gasteiger partial charge in [-0.25, -0.2) is 0 Å². The summed E-state index contributed by atoms with van der Waals surface area (Å²) < 4.78 is 11.0. The molecule has 0 bridgehead atoms. The second-order valence-corrected chi connectivity index (χ2v) is 6.70. The fourth-order valence-electron chi connectivity index (χ4n) is 2.96. The number of nitrogens with one attached hydrogen (secondary N) is 1. The molecule has 24 heavy (non-hydrogen) atoms. The molecule has 0 spiro atoms. The van der Waals surface area contributed by atoms with Crippen LogP contribution in [0.4, 0.5) is 0 Å². The van der Waals surface area contributed by atoms with Gasteiger partial charge in [0.25, 0.3) is 0 Å². The largest absolute Gasteiger partial charge is 0.461 e. The van der Waals surface area contributed by atoms with Crippen LogP contribution in [0.1, 0.15) is 30.8 Å². The monoisotopic (exact) mass is 334 g/mol. The van der Waals surface area contributed by atoms with E-state index in [-0.39, 0.29) is 12.5 Å². The van der Waals surface area contributed by atoms with Crippen LogP contribution in [0.15, 0.2) is 22.6 Å². The van der Waals surface area contributed by atoms with Gasteiger partial charge in [-0.05, 0) is 30.5 Å². The average Bonchev–Trinajstić information content (AvgIpc) is 3.12. The molecule has 6 heteroatoms. The number of rotatable bonds is 7. The highest BCUT2D eigenvalue weighted by Crippen LogP contribution is 2.47. The van der Waals surface area contributed by atoms with Crippen LogP contribution < -0.4 is 5.32 Å². The molecule has 6 nitrogen and oxygen atoms in total. The van der Waals surface area contributed by atoms with Crippen LogP contribution >= 0.6 is 0 Å². The van der Waals surface area contributed by atoms with Gasteiger partial charge in [0.15, 0.2) is 0 Å². The Hall–Kier alpha value is -1.63. The molecule has 1 aromatic rings. The lowest BCUT2D eigenvalue weighted by Gasteiger charge is -2.28. The van der Waals surface area contributed by atoms with Crippen molar-refractivity contribution in [2.45, 2.75) is 25.4 Å². The number of nitrogens with zero attached hydrogens (tertiary/aromatic N) is 1. The lowest BCUT2D eigenvalue weighted by Crippen LogP contribution is -2.44. The highest BCUT2D eigenvalue weighted by atomic mass is 16.5. The summed E-state index contributed by atoms with van der Waals surface area (Å²) in [7, 11) is 0. The molecule has 132 valence electrons. The van der Waals surface area contributed by atoms with Gasteiger partial charge < -0.3 is 19.6 Å². The number of hydrogen-bond acceptors (Lipinski definition) is 5. The molecule has 3 atom stereocenters. The molecular formula is C18H26N2O4. The summed E-state index contributed by atoms with van der Waals surface area (Å²) in [6.45, 7) is 6.05. The van der Waals surface area contributed by atoms with Gasteiger partial charge in [-0.3, -0.25) is 9.69 Å². The maximum atomic E-state index is 11.8. The summed E-state index contributed by atoms with van der Waals surface area (Å²) in [5.41, 5.74) is 0. The minimum absolute atomic E-state index is 0.228. The van der Waals surface area contributed by atoms with Gasteiger partial charge in [0, 0.05) is 38.2 Å². The molecule has 1 aliphatic heterocycles. The zero-order chi connectivity index (χ0) is 16.9. The van der Waals surface area contributed by atoms with E-state index < -0.39 is 6.10 Å². The molecule has 1 aliphatic carbocycles. The number of carbonyl (C=O) groups is 1. The highest BCUT2D eigenvalue weighted by Gasteiger charge is 2.36. The SMILES string of the molecule is CC1CC1c1ccc(/C=C/C(=O)NCC(O)CN2CCOCC2)o1.